The van der Waals surface area contributed by atoms with E-state index in [1.54, 1.807) is 6.07 Å². The van der Waals surface area contributed by atoms with Crippen molar-refractivity contribution in [2.45, 2.75) is 6.42 Å². The summed E-state index contributed by atoms with van der Waals surface area (Å²) in [5.74, 6) is 0.110. The van der Waals surface area contributed by atoms with Crippen molar-refractivity contribution in [3.05, 3.63) is 38.9 Å². The summed E-state index contributed by atoms with van der Waals surface area (Å²) in [5.41, 5.74) is 8.02. The standard InChI is InChI=1S/C9H9BrFN3O/c10-8-3-2-7(11)6-9(8)15-5-1-4-13-14-12/h2-3,6H,1,4-5H2. The molecule has 0 amide bonds. The summed E-state index contributed by atoms with van der Waals surface area (Å²) in [7, 11) is 0. The van der Waals surface area contributed by atoms with Crippen LogP contribution in [0, 0.1) is 5.82 Å². The van der Waals surface area contributed by atoms with Crippen molar-refractivity contribution in [3.8, 4) is 5.75 Å². The molecule has 0 heterocycles. The van der Waals surface area contributed by atoms with Crippen LogP contribution in [-0.2, 0) is 0 Å². The molecule has 0 radical (unpaired) electrons. The van der Waals surface area contributed by atoms with Crippen LogP contribution in [0.1, 0.15) is 6.42 Å². The number of azide groups is 1. The van der Waals surface area contributed by atoms with Crippen LogP contribution >= 0.6 is 15.9 Å². The topological polar surface area (TPSA) is 58.0 Å². The summed E-state index contributed by atoms with van der Waals surface area (Å²) in [6, 6.07) is 4.23. The third-order valence-electron chi connectivity index (χ3n) is 1.62. The maximum absolute atomic E-state index is 12.8. The minimum absolute atomic E-state index is 0.344. The van der Waals surface area contributed by atoms with Crippen molar-refractivity contribution in [2.75, 3.05) is 13.2 Å². The van der Waals surface area contributed by atoms with Crippen LogP contribution in [0.5, 0.6) is 5.75 Å². The summed E-state index contributed by atoms with van der Waals surface area (Å²) in [6.45, 7) is 0.768. The molecule has 1 aromatic rings. The van der Waals surface area contributed by atoms with E-state index in [9.17, 15) is 4.39 Å². The zero-order valence-corrected chi connectivity index (χ0v) is 9.45. The molecule has 0 spiro atoms. The van der Waals surface area contributed by atoms with Gasteiger partial charge in [0.25, 0.3) is 0 Å². The molecule has 80 valence electrons. The normalized spacial score (nSPS) is 9.47. The van der Waals surface area contributed by atoms with Gasteiger partial charge in [-0.1, -0.05) is 5.11 Å². The summed E-state index contributed by atoms with van der Waals surface area (Å²) in [6.07, 6.45) is 0.604. The number of benzene rings is 1. The molecule has 1 rings (SSSR count). The number of nitrogens with zero attached hydrogens (tertiary/aromatic N) is 3. The first-order valence-electron chi connectivity index (χ1n) is 4.33. The SMILES string of the molecule is [N-]=[N+]=NCCCOc1cc(F)ccc1Br. The lowest BCUT2D eigenvalue weighted by Crippen LogP contribution is -1.99. The van der Waals surface area contributed by atoms with E-state index in [4.69, 9.17) is 10.3 Å². The fourth-order valence-corrected chi connectivity index (χ4v) is 1.31. The van der Waals surface area contributed by atoms with Gasteiger partial charge >= 0.3 is 0 Å². The van der Waals surface area contributed by atoms with Gasteiger partial charge in [0.15, 0.2) is 0 Å². The molecule has 6 heteroatoms. The number of hydrogen-bond acceptors (Lipinski definition) is 2. The predicted molar refractivity (Wildman–Crippen MR) is 58.2 cm³/mol. The highest BCUT2D eigenvalue weighted by atomic mass is 79.9. The molecule has 0 atom stereocenters. The van der Waals surface area contributed by atoms with E-state index in [0.29, 0.717) is 29.8 Å². The first kappa shape index (κ1) is 11.8. The smallest absolute Gasteiger partial charge is 0.136 e. The fourth-order valence-electron chi connectivity index (χ4n) is 0.950. The predicted octanol–water partition coefficient (Wildman–Crippen LogP) is 3.67. The van der Waals surface area contributed by atoms with Gasteiger partial charge in [0.2, 0.25) is 0 Å². The van der Waals surface area contributed by atoms with Crippen LogP contribution in [0.4, 0.5) is 4.39 Å². The summed E-state index contributed by atoms with van der Waals surface area (Å²) >= 11 is 3.24. The second kappa shape index (κ2) is 6.27. The molecule has 15 heavy (non-hydrogen) atoms. The van der Waals surface area contributed by atoms with Gasteiger partial charge in [0.1, 0.15) is 11.6 Å². The Morgan fingerprint density at radius 3 is 3.07 bits per heavy atom. The van der Waals surface area contributed by atoms with Gasteiger partial charge in [-0.2, -0.15) is 0 Å². The highest BCUT2D eigenvalue weighted by molar-refractivity contribution is 9.10. The van der Waals surface area contributed by atoms with Crippen molar-refractivity contribution in [1.82, 2.24) is 0 Å². The minimum atomic E-state index is -0.344. The summed E-state index contributed by atoms with van der Waals surface area (Å²) < 4.78 is 18.8. The van der Waals surface area contributed by atoms with E-state index in [-0.39, 0.29) is 5.82 Å². The highest BCUT2D eigenvalue weighted by Gasteiger charge is 2.01. The number of halogens is 2. The molecule has 0 aliphatic carbocycles. The van der Waals surface area contributed by atoms with Crippen LogP contribution in [0.25, 0.3) is 10.4 Å². The molecular formula is C9H9BrFN3O. The molecule has 0 aromatic heterocycles. The molecule has 0 aliphatic rings. The third kappa shape index (κ3) is 4.18. The molecular weight excluding hydrogens is 265 g/mol. The average Bonchev–Trinajstić information content (AvgIpc) is 2.23. The largest absolute Gasteiger partial charge is 0.492 e. The Bertz CT molecular complexity index is 380. The Labute approximate surface area is 94.8 Å². The van der Waals surface area contributed by atoms with E-state index in [1.807, 2.05) is 0 Å². The molecule has 0 saturated carbocycles. The van der Waals surface area contributed by atoms with Crippen LogP contribution in [-0.4, -0.2) is 13.2 Å². The summed E-state index contributed by atoms with van der Waals surface area (Å²) in [4.78, 5) is 2.61. The van der Waals surface area contributed by atoms with Crippen molar-refractivity contribution in [1.29, 1.82) is 0 Å². The molecule has 0 unspecified atom stereocenters. The monoisotopic (exact) mass is 273 g/mol. The van der Waals surface area contributed by atoms with Gasteiger partial charge in [-0.3, -0.25) is 0 Å². The second-order valence-electron chi connectivity index (χ2n) is 2.73. The van der Waals surface area contributed by atoms with E-state index in [2.05, 4.69) is 26.0 Å². The van der Waals surface area contributed by atoms with Crippen LogP contribution < -0.4 is 4.74 Å². The Morgan fingerprint density at radius 1 is 1.53 bits per heavy atom. The van der Waals surface area contributed by atoms with E-state index < -0.39 is 0 Å². The Morgan fingerprint density at radius 2 is 2.33 bits per heavy atom. The van der Waals surface area contributed by atoms with Crippen LogP contribution in [0.15, 0.2) is 27.8 Å². The second-order valence-corrected chi connectivity index (χ2v) is 3.59. The number of ether oxygens (including phenoxy) is 1. The Hall–Kier alpha value is -1.26. The lowest BCUT2D eigenvalue weighted by Gasteiger charge is -2.06. The van der Waals surface area contributed by atoms with Crippen molar-refractivity contribution in [2.24, 2.45) is 5.11 Å². The van der Waals surface area contributed by atoms with Gasteiger partial charge in [0, 0.05) is 17.5 Å². The Balaban J connectivity index is 2.43. The van der Waals surface area contributed by atoms with Crippen LogP contribution in [0.3, 0.4) is 0 Å². The minimum Gasteiger partial charge on any atom is -0.492 e. The lowest BCUT2D eigenvalue weighted by molar-refractivity contribution is 0.310. The van der Waals surface area contributed by atoms with E-state index in [0.717, 1.165) is 0 Å². The number of hydrogen-bond donors (Lipinski definition) is 0. The Kier molecular flexibility index (Phi) is 4.93. The maximum Gasteiger partial charge on any atom is 0.136 e. The summed E-state index contributed by atoms with van der Waals surface area (Å²) in [5, 5.41) is 3.36. The van der Waals surface area contributed by atoms with Crippen LogP contribution in [0.2, 0.25) is 0 Å². The third-order valence-corrected chi connectivity index (χ3v) is 2.27. The fraction of sp³-hybridized carbons (Fsp3) is 0.333. The zero-order valence-electron chi connectivity index (χ0n) is 7.86. The molecule has 0 saturated heterocycles. The molecule has 0 aliphatic heterocycles. The molecule has 0 bridgehead atoms. The van der Waals surface area contributed by atoms with Gasteiger partial charge in [-0.25, -0.2) is 4.39 Å². The van der Waals surface area contributed by atoms with Gasteiger partial charge in [-0.05, 0) is 40.0 Å². The van der Waals surface area contributed by atoms with Gasteiger partial charge < -0.3 is 4.74 Å². The quantitative estimate of drug-likeness (QED) is 0.350. The molecule has 4 nitrogen and oxygen atoms in total. The first-order valence-corrected chi connectivity index (χ1v) is 5.12. The molecule has 0 fully saturated rings. The van der Waals surface area contributed by atoms with Crippen molar-refractivity contribution >= 4 is 15.9 Å². The zero-order chi connectivity index (χ0) is 11.1. The average molecular weight is 274 g/mol. The van der Waals surface area contributed by atoms with Gasteiger partial charge in [-0.15, -0.1) is 0 Å². The first-order chi connectivity index (χ1) is 7.24. The maximum atomic E-state index is 12.8. The number of rotatable bonds is 5. The van der Waals surface area contributed by atoms with Gasteiger partial charge in [0.05, 0.1) is 11.1 Å². The van der Waals surface area contributed by atoms with Crippen molar-refractivity contribution in [3.63, 3.8) is 0 Å². The molecule has 1 aromatic carbocycles. The lowest BCUT2D eigenvalue weighted by atomic mass is 10.3. The van der Waals surface area contributed by atoms with E-state index >= 15 is 0 Å². The van der Waals surface area contributed by atoms with Crippen molar-refractivity contribution < 1.29 is 9.13 Å². The van der Waals surface area contributed by atoms with E-state index in [1.165, 1.54) is 12.1 Å². The highest BCUT2D eigenvalue weighted by Crippen LogP contribution is 2.25. The molecule has 0 N–H and O–H groups in total.